The molecule has 15 heavy (non-hydrogen) atoms. The molecule has 0 aromatic heterocycles. The normalized spacial score (nSPS) is 47.9. The van der Waals surface area contributed by atoms with Gasteiger partial charge in [-0.15, -0.1) is 0 Å². The minimum absolute atomic E-state index is 0.0197. The maximum atomic E-state index is 12.3. The number of aliphatic hydroxyl groups is 1. The molecule has 3 nitrogen and oxygen atoms in total. The summed E-state index contributed by atoms with van der Waals surface area (Å²) < 4.78 is 0. The van der Waals surface area contributed by atoms with Crippen LogP contribution >= 0.6 is 0 Å². The van der Waals surface area contributed by atoms with Crippen LogP contribution in [0.15, 0.2) is 0 Å². The molecule has 2 saturated carbocycles. The Labute approximate surface area is 91.5 Å². The van der Waals surface area contributed by atoms with Gasteiger partial charge < -0.3 is 5.11 Å². The van der Waals surface area contributed by atoms with Crippen LogP contribution in [0.25, 0.3) is 0 Å². The van der Waals surface area contributed by atoms with Crippen LogP contribution in [0.1, 0.15) is 33.6 Å². The highest BCUT2D eigenvalue weighted by atomic mass is 16.3. The van der Waals surface area contributed by atoms with E-state index in [-0.39, 0.29) is 22.5 Å². The number of rotatable bonds is 1. The van der Waals surface area contributed by atoms with Gasteiger partial charge in [0.05, 0.1) is 0 Å². The van der Waals surface area contributed by atoms with Gasteiger partial charge in [0.2, 0.25) is 0 Å². The first-order valence-electron chi connectivity index (χ1n) is 5.63. The van der Waals surface area contributed by atoms with E-state index in [9.17, 15) is 9.90 Å². The van der Waals surface area contributed by atoms with Gasteiger partial charge in [0.15, 0.2) is 11.5 Å². The molecule has 2 rings (SSSR count). The summed E-state index contributed by atoms with van der Waals surface area (Å²) in [7, 11) is 3.58. The summed E-state index contributed by atoms with van der Waals surface area (Å²) in [4.78, 5) is 14.0. The highest BCUT2D eigenvalue weighted by molar-refractivity contribution is 5.94. The minimum atomic E-state index is -1.26. The lowest BCUT2D eigenvalue weighted by molar-refractivity contribution is -0.186. The third kappa shape index (κ3) is 0.878. The highest BCUT2D eigenvalue weighted by Crippen LogP contribution is 2.68. The number of likely N-dealkylation sites (N-methyl/N-ethyl adjacent to an activating group) is 1. The van der Waals surface area contributed by atoms with Gasteiger partial charge in [-0.25, -0.2) is 0 Å². The summed E-state index contributed by atoms with van der Waals surface area (Å²) in [6.45, 7) is 6.28. The quantitative estimate of drug-likeness (QED) is 0.664. The summed E-state index contributed by atoms with van der Waals surface area (Å²) in [6, 6.07) is 0. The lowest BCUT2D eigenvalue weighted by Crippen LogP contribution is -2.60. The van der Waals surface area contributed by atoms with Gasteiger partial charge in [-0.1, -0.05) is 20.8 Å². The predicted octanol–water partition coefficient (Wildman–Crippen LogP) is 1.26. The molecule has 0 amide bonds. The van der Waals surface area contributed by atoms with Crippen LogP contribution in [0.2, 0.25) is 0 Å². The van der Waals surface area contributed by atoms with Crippen molar-refractivity contribution in [1.29, 1.82) is 0 Å². The Hall–Kier alpha value is -0.410. The molecule has 2 aliphatic rings. The van der Waals surface area contributed by atoms with E-state index in [1.165, 1.54) is 0 Å². The van der Waals surface area contributed by atoms with E-state index < -0.39 is 5.72 Å². The van der Waals surface area contributed by atoms with Crippen LogP contribution in [-0.2, 0) is 4.79 Å². The zero-order valence-electron chi connectivity index (χ0n) is 10.3. The van der Waals surface area contributed by atoms with Crippen molar-refractivity contribution in [3.63, 3.8) is 0 Å². The van der Waals surface area contributed by atoms with E-state index >= 15 is 0 Å². The predicted molar refractivity (Wildman–Crippen MR) is 58.3 cm³/mol. The summed E-state index contributed by atoms with van der Waals surface area (Å²) in [5, 5.41) is 10.7. The molecule has 0 aromatic rings. The summed E-state index contributed by atoms with van der Waals surface area (Å²) in [5.41, 5.74) is -1.67. The SMILES string of the molecule is CN(C)C1(O)C(=O)C2CCC1(C)C2(C)C. The van der Waals surface area contributed by atoms with Crippen LogP contribution in [0, 0.1) is 16.7 Å². The molecule has 0 heterocycles. The van der Waals surface area contributed by atoms with E-state index in [0.29, 0.717) is 0 Å². The third-order valence-corrected chi connectivity index (χ3v) is 5.30. The summed E-state index contributed by atoms with van der Waals surface area (Å²) >= 11 is 0. The van der Waals surface area contributed by atoms with E-state index in [1.807, 2.05) is 0 Å². The Morgan fingerprint density at radius 3 is 2.13 bits per heavy atom. The molecule has 2 aliphatic carbocycles. The van der Waals surface area contributed by atoms with Crippen LogP contribution in [0.3, 0.4) is 0 Å². The minimum Gasteiger partial charge on any atom is -0.368 e. The molecule has 0 radical (unpaired) electrons. The van der Waals surface area contributed by atoms with Crippen molar-refractivity contribution >= 4 is 5.78 Å². The molecule has 3 unspecified atom stereocenters. The van der Waals surface area contributed by atoms with E-state index in [0.717, 1.165) is 12.8 Å². The van der Waals surface area contributed by atoms with Crippen molar-refractivity contribution in [2.24, 2.45) is 16.7 Å². The fourth-order valence-corrected chi connectivity index (χ4v) is 3.81. The number of hydrogen-bond donors (Lipinski definition) is 1. The second-order valence-corrected chi connectivity index (χ2v) is 6.08. The maximum Gasteiger partial charge on any atom is 0.184 e. The average molecular weight is 211 g/mol. The van der Waals surface area contributed by atoms with Crippen LogP contribution in [0.4, 0.5) is 0 Å². The molecule has 2 bridgehead atoms. The van der Waals surface area contributed by atoms with E-state index in [2.05, 4.69) is 20.8 Å². The second kappa shape index (κ2) is 2.64. The Kier molecular flexibility index (Phi) is 1.95. The lowest BCUT2D eigenvalue weighted by atomic mass is 9.67. The zero-order chi connectivity index (χ0) is 11.6. The monoisotopic (exact) mass is 211 g/mol. The molecular weight excluding hydrogens is 190 g/mol. The Morgan fingerprint density at radius 1 is 1.33 bits per heavy atom. The summed E-state index contributed by atoms with van der Waals surface area (Å²) in [5.74, 6) is 0.0427. The number of hydrogen-bond acceptors (Lipinski definition) is 3. The van der Waals surface area contributed by atoms with Crippen molar-refractivity contribution in [3.05, 3.63) is 0 Å². The van der Waals surface area contributed by atoms with Crippen LogP contribution in [0.5, 0.6) is 0 Å². The molecule has 3 heteroatoms. The highest BCUT2D eigenvalue weighted by Gasteiger charge is 2.74. The first-order valence-corrected chi connectivity index (χ1v) is 5.63. The molecule has 0 aliphatic heterocycles. The van der Waals surface area contributed by atoms with E-state index in [4.69, 9.17) is 0 Å². The van der Waals surface area contributed by atoms with Gasteiger partial charge in [0, 0.05) is 11.3 Å². The molecule has 1 N–H and O–H groups in total. The number of fused-ring (bicyclic) bond motifs is 2. The topological polar surface area (TPSA) is 40.5 Å². The molecule has 86 valence electrons. The maximum absolute atomic E-state index is 12.3. The van der Waals surface area contributed by atoms with Gasteiger partial charge in [0.1, 0.15) is 0 Å². The third-order valence-electron chi connectivity index (χ3n) is 5.30. The summed E-state index contributed by atoms with van der Waals surface area (Å²) in [6.07, 6.45) is 1.86. The van der Waals surface area contributed by atoms with Crippen molar-refractivity contribution in [2.75, 3.05) is 14.1 Å². The van der Waals surface area contributed by atoms with Gasteiger partial charge in [-0.3, -0.25) is 9.69 Å². The van der Waals surface area contributed by atoms with Crippen molar-refractivity contribution in [1.82, 2.24) is 4.90 Å². The fourth-order valence-electron chi connectivity index (χ4n) is 3.81. The molecule has 3 atom stereocenters. The van der Waals surface area contributed by atoms with Gasteiger partial charge in [-0.2, -0.15) is 0 Å². The second-order valence-electron chi connectivity index (χ2n) is 6.08. The van der Waals surface area contributed by atoms with Crippen LogP contribution in [-0.4, -0.2) is 35.6 Å². The lowest BCUT2D eigenvalue weighted by Gasteiger charge is -2.47. The first kappa shape index (κ1) is 11.1. The standard InChI is InChI=1S/C12H21NO2/c1-10(2)8-6-7-11(10,3)12(15,9(8)14)13(4)5/h8,15H,6-7H2,1-5H3. The first-order chi connectivity index (χ1) is 6.69. The van der Waals surface area contributed by atoms with Crippen molar-refractivity contribution in [2.45, 2.75) is 39.3 Å². The van der Waals surface area contributed by atoms with Gasteiger partial charge >= 0.3 is 0 Å². The molecule has 0 spiro atoms. The average Bonchev–Trinajstić information content (AvgIpc) is 2.40. The molecular formula is C12H21NO2. The number of carbonyl (C=O) groups is 1. The zero-order valence-corrected chi connectivity index (χ0v) is 10.3. The molecule has 0 saturated heterocycles. The Bertz CT molecular complexity index is 324. The largest absolute Gasteiger partial charge is 0.368 e. The van der Waals surface area contributed by atoms with Crippen molar-refractivity contribution in [3.8, 4) is 0 Å². The van der Waals surface area contributed by atoms with Crippen molar-refractivity contribution < 1.29 is 9.90 Å². The number of carbonyl (C=O) groups excluding carboxylic acids is 1. The number of nitrogens with zero attached hydrogens (tertiary/aromatic N) is 1. The molecule has 0 aromatic carbocycles. The number of Topliss-reactive ketones (excluding diaryl/α,β-unsaturated/α-hetero) is 1. The van der Waals surface area contributed by atoms with Gasteiger partial charge in [0.25, 0.3) is 0 Å². The Morgan fingerprint density at radius 2 is 1.87 bits per heavy atom. The van der Waals surface area contributed by atoms with E-state index in [1.54, 1.807) is 19.0 Å². The molecule has 2 fully saturated rings. The van der Waals surface area contributed by atoms with Crippen LogP contribution < -0.4 is 0 Å². The fraction of sp³-hybridized carbons (Fsp3) is 0.917. The Balaban J connectivity index is 2.59. The smallest absolute Gasteiger partial charge is 0.184 e. The van der Waals surface area contributed by atoms with Gasteiger partial charge in [-0.05, 0) is 32.4 Å². The number of ketones is 1.